The fraction of sp³-hybridized carbons (Fsp3) is 0.200. The van der Waals surface area contributed by atoms with Gasteiger partial charge in [-0.3, -0.25) is 9.78 Å². The predicted octanol–water partition coefficient (Wildman–Crippen LogP) is 3.55. The third-order valence-electron chi connectivity index (χ3n) is 4.40. The Hall–Kier alpha value is -2.99. The number of rotatable bonds is 5. The second-order valence-corrected chi connectivity index (χ2v) is 6.83. The van der Waals surface area contributed by atoms with Crippen molar-refractivity contribution in [2.24, 2.45) is 0 Å². The summed E-state index contributed by atoms with van der Waals surface area (Å²) in [6.07, 6.45) is 4.86. The van der Waals surface area contributed by atoms with Gasteiger partial charge in [0, 0.05) is 53.6 Å². The van der Waals surface area contributed by atoms with Crippen molar-refractivity contribution in [3.8, 4) is 22.6 Å². The van der Waals surface area contributed by atoms with Gasteiger partial charge in [0.2, 0.25) is 5.91 Å². The van der Waals surface area contributed by atoms with Crippen molar-refractivity contribution < 1.29 is 4.79 Å². The predicted molar refractivity (Wildman–Crippen MR) is 105 cm³/mol. The molecule has 136 valence electrons. The number of benzene rings is 1. The second-order valence-electron chi connectivity index (χ2n) is 6.39. The SMILES string of the molecule is O=C1CCC(CNc2cc(-c3ccc(Cl)cc3)nc(-c3cccnc3)n2)N1. The molecular formula is C20H18ClN5O. The molecule has 3 aromatic rings. The summed E-state index contributed by atoms with van der Waals surface area (Å²) in [5.41, 5.74) is 2.58. The lowest BCUT2D eigenvalue weighted by molar-refractivity contribution is -0.119. The Balaban J connectivity index is 1.66. The minimum atomic E-state index is 0.0994. The van der Waals surface area contributed by atoms with Crippen molar-refractivity contribution in [2.75, 3.05) is 11.9 Å². The Morgan fingerprint density at radius 2 is 2.00 bits per heavy atom. The first-order valence-corrected chi connectivity index (χ1v) is 9.14. The molecule has 1 aliphatic heterocycles. The average molecular weight is 380 g/mol. The summed E-state index contributed by atoms with van der Waals surface area (Å²) in [4.78, 5) is 24.9. The Labute approximate surface area is 162 Å². The van der Waals surface area contributed by atoms with Gasteiger partial charge >= 0.3 is 0 Å². The van der Waals surface area contributed by atoms with Gasteiger partial charge < -0.3 is 10.6 Å². The van der Waals surface area contributed by atoms with Gasteiger partial charge in [0.15, 0.2) is 5.82 Å². The maximum Gasteiger partial charge on any atom is 0.220 e. The van der Waals surface area contributed by atoms with E-state index >= 15 is 0 Å². The van der Waals surface area contributed by atoms with Gasteiger partial charge in [0.1, 0.15) is 5.82 Å². The molecule has 0 saturated carbocycles. The monoisotopic (exact) mass is 379 g/mol. The third kappa shape index (κ3) is 4.23. The second kappa shape index (κ2) is 7.72. The highest BCUT2D eigenvalue weighted by molar-refractivity contribution is 6.30. The summed E-state index contributed by atoms with van der Waals surface area (Å²) in [5, 5.41) is 6.96. The third-order valence-corrected chi connectivity index (χ3v) is 4.65. The number of halogens is 1. The molecule has 6 nitrogen and oxygen atoms in total. The molecule has 1 aliphatic rings. The van der Waals surface area contributed by atoms with Crippen LogP contribution in [0.2, 0.25) is 5.02 Å². The minimum Gasteiger partial charge on any atom is -0.368 e. The Bertz CT molecular complexity index is 946. The topological polar surface area (TPSA) is 79.8 Å². The number of amides is 1. The van der Waals surface area contributed by atoms with Crippen LogP contribution in [0.5, 0.6) is 0 Å². The zero-order valence-electron chi connectivity index (χ0n) is 14.5. The quantitative estimate of drug-likeness (QED) is 0.708. The number of nitrogens with one attached hydrogen (secondary N) is 2. The first kappa shape index (κ1) is 17.4. The lowest BCUT2D eigenvalue weighted by Gasteiger charge is -2.14. The van der Waals surface area contributed by atoms with Crippen molar-refractivity contribution in [3.05, 3.63) is 59.9 Å². The number of nitrogens with zero attached hydrogens (tertiary/aromatic N) is 3. The summed E-state index contributed by atoms with van der Waals surface area (Å²) in [6, 6.07) is 13.3. The number of carbonyl (C=O) groups is 1. The Morgan fingerprint density at radius 1 is 1.15 bits per heavy atom. The summed E-state index contributed by atoms with van der Waals surface area (Å²) in [7, 11) is 0. The summed E-state index contributed by atoms with van der Waals surface area (Å²) >= 11 is 6.00. The average Bonchev–Trinajstić information content (AvgIpc) is 3.13. The van der Waals surface area contributed by atoms with Crippen LogP contribution < -0.4 is 10.6 Å². The van der Waals surface area contributed by atoms with E-state index in [-0.39, 0.29) is 11.9 Å². The van der Waals surface area contributed by atoms with E-state index in [2.05, 4.69) is 20.6 Å². The van der Waals surface area contributed by atoms with Gasteiger partial charge in [-0.25, -0.2) is 9.97 Å². The van der Waals surface area contributed by atoms with E-state index in [9.17, 15) is 4.79 Å². The maximum absolute atomic E-state index is 11.4. The highest BCUT2D eigenvalue weighted by Gasteiger charge is 2.20. The van der Waals surface area contributed by atoms with E-state index < -0.39 is 0 Å². The molecule has 3 heterocycles. The molecule has 7 heteroatoms. The summed E-state index contributed by atoms with van der Waals surface area (Å²) < 4.78 is 0. The Morgan fingerprint density at radius 3 is 2.70 bits per heavy atom. The van der Waals surface area contributed by atoms with Crippen LogP contribution in [0.3, 0.4) is 0 Å². The van der Waals surface area contributed by atoms with Gasteiger partial charge in [0.25, 0.3) is 0 Å². The number of aromatic nitrogens is 3. The lowest BCUT2D eigenvalue weighted by atomic mass is 10.1. The largest absolute Gasteiger partial charge is 0.368 e. The van der Waals surface area contributed by atoms with E-state index in [0.717, 1.165) is 23.2 Å². The van der Waals surface area contributed by atoms with Crippen molar-refractivity contribution in [2.45, 2.75) is 18.9 Å². The summed E-state index contributed by atoms with van der Waals surface area (Å²) in [6.45, 7) is 0.620. The lowest BCUT2D eigenvalue weighted by Crippen LogP contribution is -2.32. The van der Waals surface area contributed by atoms with Gasteiger partial charge in [-0.15, -0.1) is 0 Å². The van der Waals surface area contributed by atoms with Crippen LogP contribution in [-0.2, 0) is 4.79 Å². The van der Waals surface area contributed by atoms with E-state index in [1.807, 2.05) is 42.5 Å². The number of hydrogen-bond donors (Lipinski definition) is 2. The molecule has 1 fully saturated rings. The van der Waals surface area contributed by atoms with Crippen LogP contribution >= 0.6 is 11.6 Å². The van der Waals surface area contributed by atoms with Crippen LogP contribution in [0.15, 0.2) is 54.9 Å². The summed E-state index contributed by atoms with van der Waals surface area (Å²) in [5.74, 6) is 1.39. The number of carbonyl (C=O) groups excluding carboxylic acids is 1. The zero-order chi connectivity index (χ0) is 18.6. The van der Waals surface area contributed by atoms with Crippen LogP contribution in [-0.4, -0.2) is 33.4 Å². The van der Waals surface area contributed by atoms with Gasteiger partial charge in [-0.05, 0) is 30.7 Å². The van der Waals surface area contributed by atoms with Gasteiger partial charge in [-0.1, -0.05) is 23.7 Å². The van der Waals surface area contributed by atoms with Crippen molar-refractivity contribution in [1.82, 2.24) is 20.3 Å². The van der Waals surface area contributed by atoms with E-state index in [0.29, 0.717) is 29.6 Å². The fourth-order valence-electron chi connectivity index (χ4n) is 2.99. The smallest absolute Gasteiger partial charge is 0.220 e. The van der Waals surface area contributed by atoms with Crippen LogP contribution in [0.25, 0.3) is 22.6 Å². The van der Waals surface area contributed by atoms with Crippen molar-refractivity contribution >= 4 is 23.3 Å². The molecule has 4 rings (SSSR count). The standard InChI is InChI=1S/C20H18ClN5O/c21-15-5-3-13(4-6-15)17-10-18(23-12-16-7-8-19(27)24-16)26-20(25-17)14-2-1-9-22-11-14/h1-6,9-11,16H,7-8,12H2,(H,24,27)(H,23,25,26). The number of hydrogen-bond acceptors (Lipinski definition) is 5. The molecule has 0 bridgehead atoms. The van der Waals surface area contributed by atoms with Gasteiger partial charge in [-0.2, -0.15) is 0 Å². The van der Waals surface area contributed by atoms with E-state index in [1.165, 1.54) is 0 Å². The Kier molecular flexibility index (Phi) is 4.98. The fourth-order valence-corrected chi connectivity index (χ4v) is 3.11. The van der Waals surface area contributed by atoms with Crippen LogP contribution in [0.1, 0.15) is 12.8 Å². The molecule has 2 N–H and O–H groups in total. The molecule has 1 amide bonds. The molecule has 0 aliphatic carbocycles. The molecule has 2 aromatic heterocycles. The molecule has 1 aromatic carbocycles. The molecular weight excluding hydrogens is 362 g/mol. The minimum absolute atomic E-state index is 0.0994. The molecule has 1 saturated heterocycles. The van der Waals surface area contributed by atoms with E-state index in [4.69, 9.17) is 16.6 Å². The zero-order valence-corrected chi connectivity index (χ0v) is 15.3. The molecule has 27 heavy (non-hydrogen) atoms. The normalized spacial score (nSPS) is 16.2. The molecule has 0 spiro atoms. The first-order valence-electron chi connectivity index (χ1n) is 8.76. The van der Waals surface area contributed by atoms with Crippen molar-refractivity contribution in [1.29, 1.82) is 0 Å². The van der Waals surface area contributed by atoms with Gasteiger partial charge in [0.05, 0.1) is 5.69 Å². The molecule has 1 atom stereocenters. The number of anilines is 1. The maximum atomic E-state index is 11.4. The van der Waals surface area contributed by atoms with Crippen molar-refractivity contribution in [3.63, 3.8) is 0 Å². The van der Waals surface area contributed by atoms with Crippen LogP contribution in [0, 0.1) is 0 Å². The number of pyridine rings is 1. The van der Waals surface area contributed by atoms with E-state index in [1.54, 1.807) is 12.4 Å². The first-order chi connectivity index (χ1) is 13.2. The highest BCUT2D eigenvalue weighted by Crippen LogP contribution is 2.25. The van der Waals surface area contributed by atoms with Crippen LogP contribution in [0.4, 0.5) is 5.82 Å². The molecule has 1 unspecified atom stereocenters. The highest BCUT2D eigenvalue weighted by atomic mass is 35.5. The molecule has 0 radical (unpaired) electrons.